The Balaban J connectivity index is 0.00000578. The number of halogens is 2. The van der Waals surface area contributed by atoms with Crippen molar-refractivity contribution in [2.75, 3.05) is 40.5 Å². The molecule has 34 heavy (non-hydrogen) atoms. The fraction of sp³-hybridized carbons (Fsp3) is 0.571. The first-order valence-corrected chi connectivity index (χ1v) is 11.8. The van der Waals surface area contributed by atoms with Crippen molar-refractivity contribution in [2.45, 2.75) is 59.1 Å². The van der Waals surface area contributed by atoms with Gasteiger partial charge >= 0.3 is 0 Å². The van der Waals surface area contributed by atoms with Gasteiger partial charge in [0.1, 0.15) is 37.4 Å². The molecule has 1 N–H and O–H groups in total. The number of rotatable bonds is 12. The topological polar surface area (TPSA) is 38.7 Å². The average Bonchev–Trinajstić information content (AvgIpc) is 2.67. The van der Waals surface area contributed by atoms with Gasteiger partial charge in [-0.15, -0.1) is 0 Å². The molecule has 0 amide bonds. The highest BCUT2D eigenvalue weighted by molar-refractivity contribution is 5.31. The van der Waals surface area contributed by atoms with Crippen molar-refractivity contribution in [3.8, 4) is 5.75 Å². The molecule has 0 aliphatic heterocycles. The molecule has 0 bridgehead atoms. The number of aliphatic hydroxyl groups excluding tert-OH is 1. The van der Waals surface area contributed by atoms with Gasteiger partial charge in [0, 0.05) is 5.56 Å². The van der Waals surface area contributed by atoms with E-state index in [0.717, 1.165) is 17.7 Å². The third kappa shape index (κ3) is 11.2. The van der Waals surface area contributed by atoms with Gasteiger partial charge in [-0.25, -0.2) is 4.39 Å². The maximum atomic E-state index is 13.1. The van der Waals surface area contributed by atoms with E-state index < -0.39 is 6.10 Å². The van der Waals surface area contributed by atoms with Gasteiger partial charge in [0.25, 0.3) is 0 Å². The van der Waals surface area contributed by atoms with Crippen LogP contribution in [0.4, 0.5) is 4.39 Å². The zero-order chi connectivity index (χ0) is 24.7. The van der Waals surface area contributed by atoms with Gasteiger partial charge in [0.15, 0.2) is 0 Å². The highest BCUT2D eigenvalue weighted by atomic mass is 35.5. The smallest absolute Gasteiger partial charge is 0.126 e. The van der Waals surface area contributed by atoms with Gasteiger partial charge in [0.2, 0.25) is 0 Å². The van der Waals surface area contributed by atoms with E-state index in [1.165, 1.54) is 17.7 Å². The monoisotopic (exact) mass is 495 g/mol. The summed E-state index contributed by atoms with van der Waals surface area (Å²) in [5.74, 6) is 0.589. The van der Waals surface area contributed by atoms with Crippen LogP contribution in [0.3, 0.4) is 0 Å². The van der Waals surface area contributed by atoms with Crippen molar-refractivity contribution >= 4 is 0 Å². The first-order valence-electron chi connectivity index (χ1n) is 11.8. The molecule has 0 spiro atoms. The van der Waals surface area contributed by atoms with E-state index in [0.29, 0.717) is 30.8 Å². The second-order valence-electron chi connectivity index (χ2n) is 11.6. The van der Waals surface area contributed by atoms with Gasteiger partial charge in [0.05, 0.1) is 27.3 Å². The molecule has 0 heterocycles. The molecule has 0 saturated carbocycles. The normalized spacial score (nSPS) is 13.3. The molecule has 6 heteroatoms. The van der Waals surface area contributed by atoms with E-state index in [-0.39, 0.29) is 35.7 Å². The maximum Gasteiger partial charge on any atom is 0.126 e. The minimum absolute atomic E-state index is 0. The quantitative estimate of drug-likeness (QED) is 0.363. The fourth-order valence-electron chi connectivity index (χ4n) is 4.64. The fourth-order valence-corrected chi connectivity index (χ4v) is 4.64. The number of nitrogens with zero attached hydrogens (tertiary/aromatic N) is 1. The summed E-state index contributed by atoms with van der Waals surface area (Å²) in [6.07, 6.45) is 0.528. The molecule has 0 fully saturated rings. The first kappa shape index (κ1) is 30.4. The Morgan fingerprint density at radius 1 is 0.912 bits per heavy atom. The zero-order valence-corrected chi connectivity index (χ0v) is 22.7. The van der Waals surface area contributed by atoms with Gasteiger partial charge in [-0.05, 0) is 47.1 Å². The largest absolute Gasteiger partial charge is 1.00 e. The van der Waals surface area contributed by atoms with E-state index in [1.807, 2.05) is 26.2 Å². The predicted octanol–water partition coefficient (Wildman–Crippen LogP) is 2.58. The van der Waals surface area contributed by atoms with E-state index in [9.17, 15) is 9.50 Å². The molecule has 0 aromatic heterocycles. The number of benzene rings is 2. The summed E-state index contributed by atoms with van der Waals surface area (Å²) in [6, 6.07) is 14.8. The Kier molecular flexibility index (Phi) is 11.5. The summed E-state index contributed by atoms with van der Waals surface area (Å²) in [5.41, 5.74) is 2.73. The minimum atomic E-state index is -0.579. The van der Waals surface area contributed by atoms with Crippen LogP contribution in [0.1, 0.15) is 52.2 Å². The zero-order valence-electron chi connectivity index (χ0n) is 21.9. The molecule has 1 atom stereocenters. The molecular formula is C28H43ClFNO3. The lowest BCUT2D eigenvalue weighted by molar-refractivity contribution is -0.906. The van der Waals surface area contributed by atoms with Crippen LogP contribution in [-0.4, -0.2) is 56.2 Å². The molecule has 2 aromatic carbocycles. The van der Waals surface area contributed by atoms with Crippen LogP contribution in [0, 0.1) is 11.2 Å². The summed E-state index contributed by atoms with van der Waals surface area (Å²) < 4.78 is 25.1. The Hall–Kier alpha value is -1.66. The number of hydrogen-bond acceptors (Lipinski definition) is 3. The van der Waals surface area contributed by atoms with Crippen LogP contribution in [0.15, 0.2) is 48.5 Å². The Labute approximate surface area is 212 Å². The van der Waals surface area contributed by atoms with Crippen molar-refractivity contribution in [3.05, 3.63) is 65.5 Å². The van der Waals surface area contributed by atoms with Crippen molar-refractivity contribution in [2.24, 2.45) is 5.41 Å². The molecule has 4 nitrogen and oxygen atoms in total. The van der Waals surface area contributed by atoms with Crippen LogP contribution >= 0.6 is 0 Å². The van der Waals surface area contributed by atoms with Crippen LogP contribution in [0.2, 0.25) is 0 Å². The second-order valence-corrected chi connectivity index (χ2v) is 11.6. The van der Waals surface area contributed by atoms with Gasteiger partial charge in [-0.3, -0.25) is 0 Å². The molecule has 2 aromatic rings. The minimum Gasteiger partial charge on any atom is -1.00 e. The van der Waals surface area contributed by atoms with Crippen molar-refractivity contribution in [1.29, 1.82) is 0 Å². The molecule has 1 unspecified atom stereocenters. The lowest BCUT2D eigenvalue weighted by atomic mass is 9.72. The maximum absolute atomic E-state index is 13.1. The Morgan fingerprint density at radius 2 is 1.50 bits per heavy atom. The average molecular weight is 496 g/mol. The van der Waals surface area contributed by atoms with E-state index in [1.54, 1.807) is 12.1 Å². The van der Waals surface area contributed by atoms with Crippen LogP contribution in [-0.2, 0) is 16.7 Å². The summed E-state index contributed by atoms with van der Waals surface area (Å²) in [4.78, 5) is 0. The molecular weight excluding hydrogens is 453 g/mol. The third-order valence-corrected chi connectivity index (χ3v) is 5.64. The first-order chi connectivity index (χ1) is 15.3. The number of ether oxygens (including phenoxy) is 2. The second kappa shape index (κ2) is 12.9. The highest BCUT2D eigenvalue weighted by Crippen LogP contribution is 2.36. The number of likely N-dealkylation sites (N-methyl/N-ethyl adjacent to an activating group) is 1. The molecule has 0 aliphatic carbocycles. The molecule has 0 aliphatic rings. The van der Waals surface area contributed by atoms with E-state index in [2.05, 4.69) is 46.8 Å². The number of aliphatic hydroxyl groups is 1. The van der Waals surface area contributed by atoms with Crippen molar-refractivity contribution in [1.82, 2.24) is 0 Å². The Morgan fingerprint density at radius 3 is 2.06 bits per heavy atom. The van der Waals surface area contributed by atoms with E-state index in [4.69, 9.17) is 9.47 Å². The predicted molar refractivity (Wildman–Crippen MR) is 133 cm³/mol. The highest BCUT2D eigenvalue weighted by Gasteiger charge is 2.27. The third-order valence-electron chi connectivity index (χ3n) is 5.64. The molecule has 192 valence electrons. The Bertz CT molecular complexity index is 845. The van der Waals surface area contributed by atoms with Crippen LogP contribution in [0.5, 0.6) is 5.75 Å². The van der Waals surface area contributed by atoms with Crippen molar-refractivity contribution in [3.63, 3.8) is 0 Å². The van der Waals surface area contributed by atoms with Gasteiger partial charge in [-0.2, -0.15) is 0 Å². The summed E-state index contributed by atoms with van der Waals surface area (Å²) >= 11 is 0. The molecule has 0 saturated heterocycles. The van der Waals surface area contributed by atoms with Gasteiger partial charge < -0.3 is 31.5 Å². The summed E-state index contributed by atoms with van der Waals surface area (Å²) in [6.45, 7) is 13.8. The SMILES string of the molecule is CC(C)(C)CC(C)(C)c1ccc(OCCOCC(O)C[N+](C)(C)Cc2ccc(F)cc2)cc1.[Cl-]. The molecule has 2 rings (SSSR count). The van der Waals surface area contributed by atoms with E-state index >= 15 is 0 Å². The number of hydrogen-bond donors (Lipinski definition) is 1. The standard InChI is InChI=1S/C28H43FNO3.ClH/c1-27(2,3)21-28(4,5)23-10-14-26(15-11-23)33-17-16-32-20-25(31)19-30(6,7)18-22-8-12-24(29)13-9-22;/h8-15,25,31H,16-21H2,1-7H3;1H/q+1;/p-1. The van der Waals surface area contributed by atoms with Crippen molar-refractivity contribution < 1.29 is 35.9 Å². The molecule has 0 radical (unpaired) electrons. The summed E-state index contributed by atoms with van der Waals surface area (Å²) in [7, 11) is 4.09. The number of quaternary nitrogens is 1. The lowest BCUT2D eigenvalue weighted by Gasteiger charge is -2.33. The van der Waals surface area contributed by atoms with Gasteiger partial charge in [-0.1, -0.05) is 58.9 Å². The lowest BCUT2D eigenvalue weighted by Crippen LogP contribution is -3.00. The summed E-state index contributed by atoms with van der Waals surface area (Å²) in [5, 5.41) is 10.4. The van der Waals surface area contributed by atoms with Crippen LogP contribution < -0.4 is 17.1 Å². The van der Waals surface area contributed by atoms with Crippen LogP contribution in [0.25, 0.3) is 0 Å².